The number of benzene rings is 2. The molecule has 0 aliphatic heterocycles. The number of hydrogen-bond donors (Lipinski definition) is 1. The van der Waals surface area contributed by atoms with Gasteiger partial charge in [0, 0.05) is 18.1 Å². The van der Waals surface area contributed by atoms with E-state index in [0.717, 1.165) is 10.6 Å². The molecule has 1 N–H and O–H groups in total. The summed E-state index contributed by atoms with van der Waals surface area (Å²) in [5.74, 6) is -1.44. The number of halogens is 3. The van der Waals surface area contributed by atoms with Crippen molar-refractivity contribution in [3.8, 4) is 0 Å². The highest BCUT2D eigenvalue weighted by Gasteiger charge is 2.32. The van der Waals surface area contributed by atoms with Gasteiger partial charge in [-0.3, -0.25) is 13.9 Å². The van der Waals surface area contributed by atoms with E-state index in [0.29, 0.717) is 12.1 Å². The van der Waals surface area contributed by atoms with E-state index in [1.807, 2.05) is 0 Å². The van der Waals surface area contributed by atoms with Gasteiger partial charge in [0.2, 0.25) is 21.8 Å². The third-order valence-electron chi connectivity index (χ3n) is 4.86. The molecule has 0 aliphatic rings. The second-order valence-electron chi connectivity index (χ2n) is 7.33. The number of sulfonamides is 1. The summed E-state index contributed by atoms with van der Waals surface area (Å²) >= 11 is 12.2. The summed E-state index contributed by atoms with van der Waals surface area (Å²) in [7, 11) is -3.93. The maximum absolute atomic E-state index is 13.4. The highest BCUT2D eigenvalue weighted by molar-refractivity contribution is 7.92. The molecule has 7 nitrogen and oxygen atoms in total. The Morgan fingerprint density at radius 1 is 1.09 bits per heavy atom. The predicted octanol–water partition coefficient (Wildman–Crippen LogP) is 3.84. The molecule has 0 heterocycles. The van der Waals surface area contributed by atoms with Crippen LogP contribution in [0, 0.1) is 5.82 Å². The zero-order valence-corrected chi connectivity index (χ0v) is 20.8. The number of hydrogen-bond acceptors (Lipinski definition) is 4. The van der Waals surface area contributed by atoms with Crippen molar-refractivity contribution in [2.45, 2.75) is 32.9 Å². The number of likely N-dealkylation sites (N-methyl/N-ethyl adjacent to an activating group) is 1. The first-order valence-corrected chi connectivity index (χ1v) is 12.8. The van der Waals surface area contributed by atoms with Gasteiger partial charge in [-0.05, 0) is 49.2 Å². The summed E-state index contributed by atoms with van der Waals surface area (Å²) in [5.41, 5.74) is 0.631. The van der Waals surface area contributed by atoms with Crippen LogP contribution in [-0.2, 0) is 26.2 Å². The number of carbonyl (C=O) groups is 2. The van der Waals surface area contributed by atoms with Crippen molar-refractivity contribution in [2.75, 3.05) is 23.7 Å². The summed E-state index contributed by atoms with van der Waals surface area (Å²) in [6.45, 7) is 3.24. The molecule has 0 aromatic heterocycles. The van der Waals surface area contributed by atoms with E-state index in [-0.39, 0.29) is 34.6 Å². The minimum atomic E-state index is -3.93. The second-order valence-corrected chi connectivity index (χ2v) is 10.1. The number of rotatable bonds is 10. The Balaban J connectivity index is 2.46. The highest BCUT2D eigenvalue weighted by Crippen LogP contribution is 2.31. The fourth-order valence-corrected chi connectivity index (χ4v) is 4.56. The van der Waals surface area contributed by atoms with E-state index in [2.05, 4.69) is 5.32 Å². The van der Waals surface area contributed by atoms with Crippen molar-refractivity contribution in [3.63, 3.8) is 0 Å². The van der Waals surface area contributed by atoms with Crippen molar-refractivity contribution in [2.24, 2.45) is 0 Å². The van der Waals surface area contributed by atoms with E-state index in [4.69, 9.17) is 23.2 Å². The minimum absolute atomic E-state index is 0.0182. The van der Waals surface area contributed by atoms with E-state index >= 15 is 0 Å². The number of nitrogens with one attached hydrogen (secondary N) is 1. The van der Waals surface area contributed by atoms with Crippen LogP contribution in [0.25, 0.3) is 0 Å². The maximum atomic E-state index is 13.4. The molecule has 2 aromatic carbocycles. The molecule has 2 rings (SSSR count). The first kappa shape index (κ1) is 26.9. The van der Waals surface area contributed by atoms with Crippen LogP contribution in [0.1, 0.15) is 25.8 Å². The largest absolute Gasteiger partial charge is 0.355 e. The lowest BCUT2D eigenvalue weighted by Crippen LogP contribution is -2.52. The van der Waals surface area contributed by atoms with Gasteiger partial charge in [0.25, 0.3) is 0 Å². The summed E-state index contributed by atoms with van der Waals surface area (Å²) in [5, 5.41) is 3.03. The molecule has 11 heteroatoms. The van der Waals surface area contributed by atoms with Gasteiger partial charge in [0.05, 0.1) is 17.0 Å². The van der Waals surface area contributed by atoms with E-state index in [1.165, 1.54) is 47.4 Å². The zero-order chi connectivity index (χ0) is 24.8. The topological polar surface area (TPSA) is 86.8 Å². The van der Waals surface area contributed by atoms with Gasteiger partial charge in [-0.2, -0.15) is 0 Å². The number of carbonyl (C=O) groups excluding carboxylic acids is 2. The molecule has 0 saturated carbocycles. The third kappa shape index (κ3) is 7.31. The SMILES string of the molecule is CCNC(=O)[C@H](CC)N(Cc1ccc(F)cc1)C(=O)CN(c1cc(Cl)ccc1Cl)S(C)(=O)=O. The molecular weight excluding hydrogens is 492 g/mol. The van der Waals surface area contributed by atoms with Crippen LogP contribution in [0.2, 0.25) is 10.0 Å². The number of nitrogens with zero attached hydrogens (tertiary/aromatic N) is 2. The average molecular weight is 518 g/mol. The fourth-order valence-electron chi connectivity index (χ4n) is 3.27. The van der Waals surface area contributed by atoms with Crippen LogP contribution < -0.4 is 9.62 Å². The van der Waals surface area contributed by atoms with Crippen LogP contribution in [0.5, 0.6) is 0 Å². The van der Waals surface area contributed by atoms with Gasteiger partial charge in [-0.1, -0.05) is 42.3 Å². The molecule has 2 aromatic rings. The lowest BCUT2D eigenvalue weighted by atomic mass is 10.1. The van der Waals surface area contributed by atoms with E-state index in [9.17, 15) is 22.4 Å². The lowest BCUT2D eigenvalue weighted by molar-refractivity contribution is -0.140. The van der Waals surface area contributed by atoms with Crippen molar-refractivity contribution in [1.82, 2.24) is 10.2 Å². The van der Waals surface area contributed by atoms with E-state index in [1.54, 1.807) is 13.8 Å². The highest BCUT2D eigenvalue weighted by atomic mass is 35.5. The predicted molar refractivity (Wildman–Crippen MR) is 128 cm³/mol. The number of amides is 2. The quantitative estimate of drug-likeness (QED) is 0.518. The van der Waals surface area contributed by atoms with Crippen molar-refractivity contribution in [3.05, 3.63) is 63.9 Å². The zero-order valence-electron chi connectivity index (χ0n) is 18.5. The van der Waals surface area contributed by atoms with Gasteiger partial charge in [-0.25, -0.2) is 12.8 Å². The molecule has 0 saturated heterocycles. The van der Waals surface area contributed by atoms with Crippen LogP contribution in [0.3, 0.4) is 0 Å². The van der Waals surface area contributed by atoms with Gasteiger partial charge in [0.15, 0.2) is 0 Å². The molecule has 0 fully saturated rings. The molecule has 1 atom stereocenters. The standard InChI is InChI=1S/C22H26Cl2FN3O4S/c1-4-19(22(30)26-5-2)27(13-15-6-9-17(25)10-7-15)21(29)14-28(33(3,31)32)20-12-16(23)8-11-18(20)24/h6-12,19H,4-5,13-14H2,1-3H3,(H,26,30)/t19-/m0/s1. The first-order valence-electron chi connectivity index (χ1n) is 10.2. The molecule has 0 unspecified atom stereocenters. The smallest absolute Gasteiger partial charge is 0.244 e. The Morgan fingerprint density at radius 3 is 2.27 bits per heavy atom. The van der Waals surface area contributed by atoms with Gasteiger partial charge >= 0.3 is 0 Å². The lowest BCUT2D eigenvalue weighted by Gasteiger charge is -2.33. The van der Waals surface area contributed by atoms with Crippen LogP contribution in [0.4, 0.5) is 10.1 Å². The Kier molecular flexibility index (Phi) is 9.51. The van der Waals surface area contributed by atoms with Gasteiger partial charge < -0.3 is 10.2 Å². The maximum Gasteiger partial charge on any atom is 0.244 e. The molecule has 33 heavy (non-hydrogen) atoms. The van der Waals surface area contributed by atoms with Gasteiger partial charge in [0.1, 0.15) is 18.4 Å². The number of anilines is 1. The Hall–Kier alpha value is -2.36. The first-order chi connectivity index (χ1) is 15.5. The normalized spacial score (nSPS) is 12.2. The Bertz CT molecular complexity index is 1100. The fraction of sp³-hybridized carbons (Fsp3) is 0.364. The summed E-state index contributed by atoms with van der Waals surface area (Å²) in [6.07, 6.45) is 1.23. The second kappa shape index (κ2) is 11.7. The molecule has 0 aliphatic carbocycles. The molecule has 0 bridgehead atoms. The molecule has 180 valence electrons. The summed E-state index contributed by atoms with van der Waals surface area (Å²) in [6, 6.07) is 8.92. The van der Waals surface area contributed by atoms with Crippen molar-refractivity contribution >= 4 is 50.7 Å². The van der Waals surface area contributed by atoms with E-state index < -0.39 is 34.3 Å². The summed E-state index contributed by atoms with van der Waals surface area (Å²) < 4.78 is 39.3. The van der Waals surface area contributed by atoms with Gasteiger partial charge in [-0.15, -0.1) is 0 Å². The monoisotopic (exact) mass is 517 g/mol. The van der Waals surface area contributed by atoms with Crippen molar-refractivity contribution < 1.29 is 22.4 Å². The summed E-state index contributed by atoms with van der Waals surface area (Å²) in [4.78, 5) is 27.4. The third-order valence-corrected chi connectivity index (χ3v) is 6.54. The molecule has 2 amide bonds. The van der Waals surface area contributed by atoms with Crippen molar-refractivity contribution in [1.29, 1.82) is 0 Å². The van der Waals surface area contributed by atoms with Crippen LogP contribution in [-0.4, -0.2) is 50.5 Å². The Morgan fingerprint density at radius 2 is 1.73 bits per heavy atom. The molecule has 0 radical (unpaired) electrons. The minimum Gasteiger partial charge on any atom is -0.355 e. The molecular formula is C22H26Cl2FN3O4S. The van der Waals surface area contributed by atoms with Crippen LogP contribution in [0.15, 0.2) is 42.5 Å². The average Bonchev–Trinajstić information content (AvgIpc) is 2.74. The molecule has 0 spiro atoms. The van der Waals surface area contributed by atoms with Crippen LogP contribution >= 0.6 is 23.2 Å². The Labute approximate surface area is 203 Å².